The van der Waals surface area contributed by atoms with Crippen molar-refractivity contribution in [2.75, 3.05) is 53.6 Å². The topological polar surface area (TPSA) is 80.3 Å². The lowest BCUT2D eigenvalue weighted by Gasteiger charge is -2.33. The lowest BCUT2D eigenvalue weighted by molar-refractivity contribution is -0.136. The number of ether oxygens (including phenoxy) is 3. The summed E-state index contributed by atoms with van der Waals surface area (Å²) in [6.07, 6.45) is 2.37. The summed E-state index contributed by atoms with van der Waals surface area (Å²) >= 11 is 0. The molecule has 0 aliphatic carbocycles. The summed E-state index contributed by atoms with van der Waals surface area (Å²) in [4.78, 5) is 31.4. The largest absolute Gasteiger partial charge is 0.493 e. The molecule has 1 aliphatic rings. The number of benzene rings is 2. The van der Waals surface area contributed by atoms with Crippen molar-refractivity contribution in [1.82, 2.24) is 15.1 Å². The Morgan fingerprint density at radius 3 is 2.36 bits per heavy atom. The maximum Gasteiger partial charge on any atom is 0.254 e. The fourth-order valence-electron chi connectivity index (χ4n) is 5.75. The number of carbonyl (C=O) groups is 2. The van der Waals surface area contributed by atoms with Crippen molar-refractivity contribution in [3.8, 4) is 11.5 Å². The highest BCUT2D eigenvalue weighted by molar-refractivity contribution is 5.95. The van der Waals surface area contributed by atoms with Gasteiger partial charge in [-0.05, 0) is 82.3 Å². The van der Waals surface area contributed by atoms with Crippen molar-refractivity contribution >= 4 is 11.8 Å². The molecular formula is C34H51N3O5. The third-order valence-corrected chi connectivity index (χ3v) is 8.30. The quantitative estimate of drug-likeness (QED) is 0.257. The number of nitrogens with one attached hydrogen (secondary N) is 1. The van der Waals surface area contributed by atoms with E-state index in [1.165, 1.54) is 0 Å². The first-order valence-corrected chi connectivity index (χ1v) is 15.5. The zero-order chi connectivity index (χ0) is 30.5. The molecule has 2 amide bonds. The SMILES string of the molecule is CCC(C[C@@H]1CNC[C@H]1CN(C(=O)c1ccc(OC)c(OCCCOC)c1)C(C)C)C(=O)N(CC)Cc1ccccc1. The van der Waals surface area contributed by atoms with Gasteiger partial charge in [-0.3, -0.25) is 9.59 Å². The number of nitrogens with zero attached hydrogens (tertiary/aromatic N) is 2. The summed E-state index contributed by atoms with van der Waals surface area (Å²) < 4.78 is 16.5. The van der Waals surface area contributed by atoms with E-state index in [1.54, 1.807) is 32.4 Å². The van der Waals surface area contributed by atoms with Crippen molar-refractivity contribution in [2.24, 2.45) is 17.8 Å². The van der Waals surface area contributed by atoms with Gasteiger partial charge in [-0.2, -0.15) is 0 Å². The molecule has 232 valence electrons. The van der Waals surface area contributed by atoms with Crippen LogP contribution in [0, 0.1) is 17.8 Å². The van der Waals surface area contributed by atoms with Gasteiger partial charge in [0.2, 0.25) is 5.91 Å². The second-order valence-corrected chi connectivity index (χ2v) is 11.5. The second-order valence-electron chi connectivity index (χ2n) is 11.5. The molecular weight excluding hydrogens is 530 g/mol. The zero-order valence-corrected chi connectivity index (χ0v) is 26.4. The molecule has 0 radical (unpaired) electrons. The van der Waals surface area contributed by atoms with Crippen LogP contribution < -0.4 is 14.8 Å². The lowest BCUT2D eigenvalue weighted by atomic mass is 9.84. The highest BCUT2D eigenvalue weighted by atomic mass is 16.5. The second kappa shape index (κ2) is 17.1. The molecule has 1 unspecified atom stereocenters. The molecule has 1 fully saturated rings. The van der Waals surface area contributed by atoms with Crippen LogP contribution in [0.15, 0.2) is 48.5 Å². The Hall–Kier alpha value is -3.10. The van der Waals surface area contributed by atoms with Crippen LogP contribution in [-0.2, 0) is 16.1 Å². The van der Waals surface area contributed by atoms with Crippen molar-refractivity contribution in [3.05, 3.63) is 59.7 Å². The van der Waals surface area contributed by atoms with E-state index in [2.05, 4.69) is 45.1 Å². The number of methoxy groups -OCH3 is 2. The standard InChI is InChI=1S/C34H51N3O5/c1-7-27(33(38)36(8-2)23-26-13-10-9-11-14-26)19-29-21-35-22-30(29)24-37(25(3)4)34(39)28-15-16-31(41-6)32(20-28)42-18-12-17-40-5/h9-11,13-16,20,25,27,29-30,35H,7-8,12,17-19,21-24H2,1-6H3/t27?,29-,30+/m1/s1. The summed E-state index contributed by atoms with van der Waals surface area (Å²) in [5, 5.41) is 3.54. The Balaban J connectivity index is 1.69. The number of hydrogen-bond acceptors (Lipinski definition) is 6. The van der Waals surface area contributed by atoms with Gasteiger partial charge in [-0.15, -0.1) is 0 Å². The Kier molecular flexibility index (Phi) is 13.6. The predicted molar refractivity (Wildman–Crippen MR) is 167 cm³/mol. The van der Waals surface area contributed by atoms with Gasteiger partial charge in [-0.1, -0.05) is 37.3 Å². The normalized spacial score (nSPS) is 17.2. The summed E-state index contributed by atoms with van der Waals surface area (Å²) in [7, 11) is 3.26. The van der Waals surface area contributed by atoms with Gasteiger partial charge in [0.25, 0.3) is 5.91 Å². The highest BCUT2D eigenvalue weighted by Crippen LogP contribution is 2.31. The average molecular weight is 582 g/mol. The van der Waals surface area contributed by atoms with Crippen LogP contribution in [0.5, 0.6) is 11.5 Å². The molecule has 8 nitrogen and oxygen atoms in total. The van der Waals surface area contributed by atoms with Gasteiger partial charge in [0, 0.05) is 57.3 Å². The Bertz CT molecular complexity index is 1110. The van der Waals surface area contributed by atoms with Crippen LogP contribution in [0.4, 0.5) is 0 Å². The molecule has 42 heavy (non-hydrogen) atoms. The molecule has 1 heterocycles. The van der Waals surface area contributed by atoms with E-state index in [0.29, 0.717) is 55.8 Å². The van der Waals surface area contributed by atoms with Gasteiger partial charge in [0.05, 0.1) is 13.7 Å². The summed E-state index contributed by atoms with van der Waals surface area (Å²) in [6, 6.07) is 15.6. The molecule has 2 aromatic carbocycles. The minimum atomic E-state index is -0.0383. The Morgan fingerprint density at radius 1 is 0.976 bits per heavy atom. The van der Waals surface area contributed by atoms with Gasteiger partial charge in [-0.25, -0.2) is 0 Å². The van der Waals surface area contributed by atoms with E-state index in [4.69, 9.17) is 14.2 Å². The molecule has 1 N–H and O–H groups in total. The molecule has 2 aromatic rings. The van der Waals surface area contributed by atoms with Crippen LogP contribution in [0.2, 0.25) is 0 Å². The summed E-state index contributed by atoms with van der Waals surface area (Å²) in [5.41, 5.74) is 1.73. The van der Waals surface area contributed by atoms with E-state index in [9.17, 15) is 9.59 Å². The van der Waals surface area contributed by atoms with E-state index in [0.717, 1.165) is 37.9 Å². The van der Waals surface area contributed by atoms with Crippen LogP contribution in [0.3, 0.4) is 0 Å². The molecule has 8 heteroatoms. The molecule has 1 saturated heterocycles. The van der Waals surface area contributed by atoms with E-state index < -0.39 is 0 Å². The van der Waals surface area contributed by atoms with Crippen molar-refractivity contribution < 1.29 is 23.8 Å². The monoisotopic (exact) mass is 581 g/mol. The molecule has 0 spiro atoms. The molecule has 3 atom stereocenters. The number of hydrogen-bond donors (Lipinski definition) is 1. The average Bonchev–Trinajstić information content (AvgIpc) is 3.45. The smallest absolute Gasteiger partial charge is 0.254 e. The van der Waals surface area contributed by atoms with E-state index >= 15 is 0 Å². The number of rotatable bonds is 17. The molecule has 0 aromatic heterocycles. The van der Waals surface area contributed by atoms with Crippen LogP contribution in [0.25, 0.3) is 0 Å². The van der Waals surface area contributed by atoms with Crippen LogP contribution >= 0.6 is 0 Å². The first-order valence-electron chi connectivity index (χ1n) is 15.5. The first kappa shape index (κ1) is 33.4. The third-order valence-electron chi connectivity index (χ3n) is 8.30. The van der Waals surface area contributed by atoms with Crippen molar-refractivity contribution in [1.29, 1.82) is 0 Å². The van der Waals surface area contributed by atoms with Crippen LogP contribution in [0.1, 0.15) is 62.9 Å². The minimum Gasteiger partial charge on any atom is -0.493 e. The van der Waals surface area contributed by atoms with Gasteiger partial charge < -0.3 is 29.3 Å². The third kappa shape index (κ3) is 9.20. The maximum absolute atomic E-state index is 13.8. The van der Waals surface area contributed by atoms with E-state index in [-0.39, 0.29) is 29.7 Å². The lowest BCUT2D eigenvalue weighted by Crippen LogP contribution is -2.43. The van der Waals surface area contributed by atoms with Gasteiger partial charge in [0.15, 0.2) is 11.5 Å². The fourth-order valence-corrected chi connectivity index (χ4v) is 5.75. The highest BCUT2D eigenvalue weighted by Gasteiger charge is 2.35. The van der Waals surface area contributed by atoms with Gasteiger partial charge in [0.1, 0.15) is 0 Å². The molecule has 1 aliphatic heterocycles. The molecule has 0 bridgehead atoms. The van der Waals surface area contributed by atoms with Crippen LogP contribution in [-0.4, -0.2) is 81.3 Å². The van der Waals surface area contributed by atoms with Crippen molar-refractivity contribution in [2.45, 2.75) is 59.5 Å². The van der Waals surface area contributed by atoms with Crippen molar-refractivity contribution in [3.63, 3.8) is 0 Å². The summed E-state index contributed by atoms with van der Waals surface area (Å²) in [5.74, 6) is 1.91. The molecule has 0 saturated carbocycles. The number of carbonyl (C=O) groups excluding carboxylic acids is 2. The zero-order valence-electron chi connectivity index (χ0n) is 26.4. The summed E-state index contributed by atoms with van der Waals surface area (Å²) in [6.45, 7) is 13.0. The minimum absolute atomic E-state index is 0.0248. The maximum atomic E-state index is 13.8. The Morgan fingerprint density at radius 2 is 1.71 bits per heavy atom. The Labute approximate surface area is 252 Å². The first-order chi connectivity index (χ1) is 20.3. The number of amides is 2. The van der Waals surface area contributed by atoms with Gasteiger partial charge >= 0.3 is 0 Å². The van der Waals surface area contributed by atoms with E-state index in [1.807, 2.05) is 28.0 Å². The predicted octanol–water partition coefficient (Wildman–Crippen LogP) is 5.26. The molecule has 3 rings (SSSR count). The fraction of sp³-hybridized carbons (Fsp3) is 0.588.